The minimum absolute atomic E-state index is 0.158. The molecule has 3 heterocycles. The fourth-order valence-corrected chi connectivity index (χ4v) is 2.40. The van der Waals surface area contributed by atoms with Crippen LogP contribution >= 0.6 is 0 Å². The molecule has 21 heavy (non-hydrogen) atoms. The summed E-state index contributed by atoms with van der Waals surface area (Å²) in [5, 5.41) is 7.23. The molecule has 0 unspecified atom stereocenters. The van der Waals surface area contributed by atoms with Crippen molar-refractivity contribution >= 4 is 5.91 Å². The van der Waals surface area contributed by atoms with Gasteiger partial charge in [0.2, 0.25) is 5.88 Å². The summed E-state index contributed by atoms with van der Waals surface area (Å²) in [6.45, 7) is 3.90. The molecule has 1 amide bonds. The van der Waals surface area contributed by atoms with Crippen molar-refractivity contribution < 1.29 is 9.53 Å². The number of fused-ring (bicyclic) bond motifs is 1. The topological polar surface area (TPSA) is 69.0 Å². The van der Waals surface area contributed by atoms with Gasteiger partial charge in [0.05, 0.1) is 6.61 Å². The highest BCUT2D eigenvalue weighted by molar-refractivity contribution is 5.94. The monoisotopic (exact) mass is 286 g/mol. The number of nitrogens with zero attached hydrogens (tertiary/aromatic N) is 3. The van der Waals surface area contributed by atoms with Gasteiger partial charge in [-0.1, -0.05) is 6.07 Å². The Morgan fingerprint density at radius 3 is 3.14 bits per heavy atom. The molecule has 0 saturated heterocycles. The van der Waals surface area contributed by atoms with E-state index in [9.17, 15) is 4.79 Å². The van der Waals surface area contributed by atoms with E-state index < -0.39 is 0 Å². The fourth-order valence-electron chi connectivity index (χ4n) is 2.40. The second-order valence-electron chi connectivity index (χ2n) is 5.03. The van der Waals surface area contributed by atoms with Gasteiger partial charge in [-0.2, -0.15) is 5.10 Å². The first-order valence-electron chi connectivity index (χ1n) is 7.14. The number of nitrogens with one attached hydrogen (secondary N) is 1. The van der Waals surface area contributed by atoms with Crippen LogP contribution in [0.3, 0.4) is 0 Å². The van der Waals surface area contributed by atoms with Crippen LogP contribution in [0.15, 0.2) is 24.4 Å². The first-order chi connectivity index (χ1) is 10.3. The first-order valence-corrected chi connectivity index (χ1v) is 7.14. The molecule has 1 N–H and O–H groups in total. The minimum atomic E-state index is -0.158. The van der Waals surface area contributed by atoms with Crippen LogP contribution in [0.5, 0.6) is 5.88 Å². The Kier molecular flexibility index (Phi) is 3.85. The number of ether oxygens (including phenoxy) is 1. The molecule has 3 rings (SSSR count). The third kappa shape index (κ3) is 2.89. The molecule has 0 bridgehead atoms. The highest BCUT2D eigenvalue weighted by atomic mass is 16.5. The van der Waals surface area contributed by atoms with Gasteiger partial charge >= 0.3 is 0 Å². The van der Waals surface area contributed by atoms with Crippen molar-refractivity contribution in [2.45, 2.75) is 26.3 Å². The van der Waals surface area contributed by atoms with Crippen molar-refractivity contribution in [1.82, 2.24) is 20.1 Å². The average Bonchev–Trinajstić information content (AvgIpc) is 2.86. The highest BCUT2D eigenvalue weighted by Gasteiger charge is 2.22. The van der Waals surface area contributed by atoms with Crippen LogP contribution in [0.2, 0.25) is 0 Å². The molecule has 0 spiro atoms. The molecule has 0 radical (unpaired) electrons. The van der Waals surface area contributed by atoms with E-state index in [2.05, 4.69) is 15.4 Å². The molecular formula is C15H18N4O2. The first kappa shape index (κ1) is 13.6. The number of amides is 1. The Morgan fingerprint density at radius 2 is 2.38 bits per heavy atom. The van der Waals surface area contributed by atoms with Crippen LogP contribution in [0.4, 0.5) is 0 Å². The van der Waals surface area contributed by atoms with Gasteiger partial charge in [-0.3, -0.25) is 9.78 Å². The Labute approximate surface area is 123 Å². The van der Waals surface area contributed by atoms with Gasteiger partial charge in [0.25, 0.3) is 5.91 Å². The quantitative estimate of drug-likeness (QED) is 0.921. The normalized spacial score (nSPS) is 13.4. The molecule has 110 valence electrons. The molecule has 0 aromatic carbocycles. The fraction of sp³-hybridized carbons (Fsp3) is 0.400. The zero-order chi connectivity index (χ0) is 14.7. The zero-order valence-corrected chi connectivity index (χ0v) is 12.0. The number of rotatable bonds is 4. The van der Waals surface area contributed by atoms with E-state index >= 15 is 0 Å². The number of aryl methyl sites for hydroxylation is 1. The van der Waals surface area contributed by atoms with Gasteiger partial charge in [0.15, 0.2) is 5.69 Å². The second kappa shape index (κ2) is 5.95. The largest absolute Gasteiger partial charge is 0.478 e. The maximum atomic E-state index is 12.2. The molecule has 0 saturated carbocycles. The molecule has 2 aromatic heterocycles. The van der Waals surface area contributed by atoms with E-state index in [0.717, 1.165) is 30.1 Å². The highest BCUT2D eigenvalue weighted by Crippen LogP contribution is 2.24. The van der Waals surface area contributed by atoms with Crippen LogP contribution < -0.4 is 10.1 Å². The van der Waals surface area contributed by atoms with Gasteiger partial charge in [-0.15, -0.1) is 0 Å². The van der Waals surface area contributed by atoms with Crippen molar-refractivity contribution in [1.29, 1.82) is 0 Å². The van der Waals surface area contributed by atoms with Crippen molar-refractivity contribution in [3.63, 3.8) is 0 Å². The van der Waals surface area contributed by atoms with Crippen molar-refractivity contribution in [2.75, 3.05) is 13.2 Å². The molecule has 0 aliphatic carbocycles. The second-order valence-corrected chi connectivity index (χ2v) is 5.03. The SMILES string of the molecule is Cc1c(C(=O)NCCc2ccccn2)nn2c1OCCC2. The number of aromatic nitrogens is 3. The summed E-state index contributed by atoms with van der Waals surface area (Å²) in [5.74, 6) is 0.560. The third-order valence-corrected chi connectivity index (χ3v) is 3.49. The summed E-state index contributed by atoms with van der Waals surface area (Å²) in [6, 6.07) is 5.76. The lowest BCUT2D eigenvalue weighted by Gasteiger charge is -2.14. The minimum Gasteiger partial charge on any atom is -0.478 e. The Morgan fingerprint density at radius 1 is 1.48 bits per heavy atom. The molecule has 6 heteroatoms. The van der Waals surface area contributed by atoms with Gasteiger partial charge in [0.1, 0.15) is 0 Å². The third-order valence-electron chi connectivity index (χ3n) is 3.49. The molecule has 0 fully saturated rings. The van der Waals surface area contributed by atoms with E-state index in [0.29, 0.717) is 25.3 Å². The van der Waals surface area contributed by atoms with Gasteiger partial charge in [-0.25, -0.2) is 4.68 Å². The average molecular weight is 286 g/mol. The number of carbonyl (C=O) groups excluding carboxylic acids is 1. The maximum absolute atomic E-state index is 12.2. The molecule has 6 nitrogen and oxygen atoms in total. The lowest BCUT2D eigenvalue weighted by atomic mass is 10.2. The van der Waals surface area contributed by atoms with Crippen LogP contribution in [0.1, 0.15) is 28.2 Å². The van der Waals surface area contributed by atoms with Gasteiger partial charge in [-0.05, 0) is 19.1 Å². The number of hydrogen-bond donors (Lipinski definition) is 1. The van der Waals surface area contributed by atoms with E-state index in [-0.39, 0.29) is 5.91 Å². The van der Waals surface area contributed by atoms with E-state index in [4.69, 9.17) is 4.74 Å². The van der Waals surface area contributed by atoms with Crippen LogP contribution in [0.25, 0.3) is 0 Å². The lowest BCUT2D eigenvalue weighted by Crippen LogP contribution is -2.27. The van der Waals surface area contributed by atoms with Gasteiger partial charge < -0.3 is 10.1 Å². The summed E-state index contributed by atoms with van der Waals surface area (Å²) >= 11 is 0. The van der Waals surface area contributed by atoms with Gasteiger partial charge in [0, 0.05) is 43.4 Å². The van der Waals surface area contributed by atoms with Crippen LogP contribution in [0, 0.1) is 6.92 Å². The predicted octanol–water partition coefficient (Wildman–Crippen LogP) is 1.34. The number of hydrogen-bond acceptors (Lipinski definition) is 4. The molecule has 0 atom stereocenters. The standard InChI is InChI=1S/C15H18N4O2/c1-11-13(18-19-9-4-10-21-15(11)19)14(20)17-8-6-12-5-2-3-7-16-12/h2-3,5,7H,4,6,8-10H2,1H3,(H,17,20). The lowest BCUT2D eigenvalue weighted by molar-refractivity contribution is 0.0947. The van der Waals surface area contributed by atoms with Crippen molar-refractivity contribution in [3.8, 4) is 5.88 Å². The van der Waals surface area contributed by atoms with Crippen molar-refractivity contribution in [3.05, 3.63) is 41.3 Å². The summed E-state index contributed by atoms with van der Waals surface area (Å²) < 4.78 is 7.34. The van der Waals surface area contributed by atoms with E-state index in [1.54, 1.807) is 10.9 Å². The summed E-state index contributed by atoms with van der Waals surface area (Å²) in [5.41, 5.74) is 2.22. The molecule has 1 aliphatic rings. The number of carbonyl (C=O) groups is 1. The number of pyridine rings is 1. The molecular weight excluding hydrogens is 268 g/mol. The predicted molar refractivity (Wildman–Crippen MR) is 77.4 cm³/mol. The van der Waals surface area contributed by atoms with Crippen LogP contribution in [-0.4, -0.2) is 33.8 Å². The maximum Gasteiger partial charge on any atom is 0.272 e. The Bertz CT molecular complexity index is 637. The smallest absolute Gasteiger partial charge is 0.272 e. The van der Waals surface area contributed by atoms with Crippen molar-refractivity contribution in [2.24, 2.45) is 0 Å². The van der Waals surface area contributed by atoms with E-state index in [1.165, 1.54) is 0 Å². The van der Waals surface area contributed by atoms with Crippen LogP contribution in [-0.2, 0) is 13.0 Å². The summed E-state index contributed by atoms with van der Waals surface area (Å²) in [4.78, 5) is 16.4. The Balaban J connectivity index is 1.62. The molecule has 1 aliphatic heterocycles. The summed E-state index contributed by atoms with van der Waals surface area (Å²) in [6.07, 6.45) is 3.38. The summed E-state index contributed by atoms with van der Waals surface area (Å²) in [7, 11) is 0. The molecule has 2 aromatic rings. The Hall–Kier alpha value is -2.37. The van der Waals surface area contributed by atoms with E-state index in [1.807, 2.05) is 25.1 Å². The zero-order valence-electron chi connectivity index (χ0n) is 12.0.